The van der Waals surface area contributed by atoms with E-state index < -0.39 is 56.7 Å². The van der Waals surface area contributed by atoms with Crippen molar-refractivity contribution in [1.29, 1.82) is 0 Å². The monoisotopic (exact) mass is 837 g/mol. The predicted octanol–water partition coefficient (Wildman–Crippen LogP) is 6.69. The molecular formula is C47H59N5O7S. The zero-order valence-electron chi connectivity index (χ0n) is 35.1. The van der Waals surface area contributed by atoms with Gasteiger partial charge >= 0.3 is 0 Å². The van der Waals surface area contributed by atoms with Crippen molar-refractivity contribution in [2.75, 3.05) is 20.2 Å². The molecule has 1 saturated heterocycles. The quantitative estimate of drug-likeness (QED) is 0.200. The molecule has 5 atom stereocenters. The van der Waals surface area contributed by atoms with Crippen LogP contribution in [-0.2, 0) is 24.4 Å². The molecule has 3 aromatic rings. The fourth-order valence-corrected chi connectivity index (χ4v) is 10.9. The van der Waals surface area contributed by atoms with Crippen molar-refractivity contribution >= 4 is 44.7 Å². The SMILES string of the molecule is C=C[C@@H]1C[C@]1(NC(=O)[C@@H]1C[C@@H]2CN1C(=O)[C@H](C1CCCCC1)NCCCC(C)(C)C/C=C/c1cc3c(cc(-c4ccccc4)nc3cc1OC)O2)C(=O)NS(=O)(=O)C1CC1. The van der Waals surface area contributed by atoms with Gasteiger partial charge in [0.15, 0.2) is 0 Å². The first-order chi connectivity index (χ1) is 28.8. The minimum atomic E-state index is -3.87. The van der Waals surface area contributed by atoms with Gasteiger partial charge in [0.2, 0.25) is 21.8 Å². The second-order valence-electron chi connectivity index (χ2n) is 18.4. The van der Waals surface area contributed by atoms with Crippen LogP contribution in [0.15, 0.2) is 67.3 Å². The molecular weight excluding hydrogens is 779 g/mol. The molecule has 8 rings (SSSR count). The van der Waals surface area contributed by atoms with Gasteiger partial charge in [0.25, 0.3) is 5.91 Å². The highest BCUT2D eigenvalue weighted by molar-refractivity contribution is 7.91. The van der Waals surface area contributed by atoms with E-state index in [2.05, 4.69) is 47.9 Å². The molecule has 0 spiro atoms. The van der Waals surface area contributed by atoms with Crippen LogP contribution in [0.4, 0.5) is 0 Å². The molecule has 5 aliphatic rings. The first-order valence-electron chi connectivity index (χ1n) is 21.8. The summed E-state index contributed by atoms with van der Waals surface area (Å²) >= 11 is 0. The molecule has 60 heavy (non-hydrogen) atoms. The van der Waals surface area contributed by atoms with Crippen molar-refractivity contribution < 1.29 is 32.3 Å². The molecule has 4 bridgehead atoms. The van der Waals surface area contributed by atoms with Crippen molar-refractivity contribution in [2.45, 2.75) is 120 Å². The molecule has 0 radical (unpaired) electrons. The van der Waals surface area contributed by atoms with Crippen molar-refractivity contribution in [2.24, 2.45) is 17.3 Å². The zero-order chi connectivity index (χ0) is 42.2. The minimum Gasteiger partial charge on any atom is -0.496 e. The fraction of sp³-hybridized carbons (Fsp3) is 0.532. The lowest BCUT2D eigenvalue weighted by atomic mass is 9.82. The van der Waals surface area contributed by atoms with Gasteiger partial charge in [-0.25, -0.2) is 13.4 Å². The maximum absolute atomic E-state index is 15.1. The molecule has 1 aromatic heterocycles. The Balaban J connectivity index is 1.18. The molecule has 3 aliphatic carbocycles. The van der Waals surface area contributed by atoms with E-state index in [4.69, 9.17) is 14.5 Å². The Labute approximate surface area is 354 Å². The molecule has 3 amide bonds. The summed E-state index contributed by atoms with van der Waals surface area (Å²) in [6.07, 6.45) is 14.3. The number of carbonyl (C=O) groups is 3. The topological polar surface area (TPSA) is 156 Å². The number of nitrogens with zero attached hydrogens (tertiary/aromatic N) is 2. The number of ether oxygens (including phenoxy) is 2. The minimum absolute atomic E-state index is 0.00381. The van der Waals surface area contributed by atoms with Gasteiger partial charge in [0.05, 0.1) is 36.2 Å². The van der Waals surface area contributed by atoms with Gasteiger partial charge in [0, 0.05) is 41.0 Å². The van der Waals surface area contributed by atoms with Crippen LogP contribution in [0.2, 0.25) is 0 Å². The van der Waals surface area contributed by atoms with Gasteiger partial charge < -0.3 is 25.0 Å². The average Bonchev–Trinajstić information content (AvgIpc) is 4.17. The lowest BCUT2D eigenvalue weighted by molar-refractivity contribution is -0.142. The number of sulfonamides is 1. The molecule has 13 heteroatoms. The fourth-order valence-electron chi connectivity index (χ4n) is 9.51. The highest BCUT2D eigenvalue weighted by Crippen LogP contribution is 2.46. The molecule has 2 aliphatic heterocycles. The number of amides is 3. The molecule has 12 nitrogen and oxygen atoms in total. The summed E-state index contributed by atoms with van der Waals surface area (Å²) < 4.78 is 40.9. The molecule has 320 valence electrons. The van der Waals surface area contributed by atoms with E-state index in [1.165, 1.54) is 0 Å². The van der Waals surface area contributed by atoms with Crippen LogP contribution < -0.4 is 24.8 Å². The predicted molar refractivity (Wildman–Crippen MR) is 233 cm³/mol. The Hall–Kier alpha value is -4.75. The van der Waals surface area contributed by atoms with Gasteiger partial charge in [-0.15, -0.1) is 6.58 Å². The second-order valence-corrected chi connectivity index (χ2v) is 20.3. The number of hydrogen-bond acceptors (Lipinski definition) is 9. The number of aromatic nitrogens is 1. The Morgan fingerprint density at radius 1 is 1.05 bits per heavy atom. The lowest BCUT2D eigenvalue weighted by Gasteiger charge is -2.35. The summed E-state index contributed by atoms with van der Waals surface area (Å²) in [5.74, 6) is -0.544. The van der Waals surface area contributed by atoms with E-state index in [0.29, 0.717) is 42.1 Å². The number of fused-ring (bicyclic) bond motifs is 3. The molecule has 2 aromatic carbocycles. The normalized spacial score (nSPS) is 27.9. The van der Waals surface area contributed by atoms with Crippen LogP contribution in [0.1, 0.15) is 96.5 Å². The van der Waals surface area contributed by atoms with E-state index in [9.17, 15) is 18.0 Å². The van der Waals surface area contributed by atoms with Crippen molar-refractivity contribution in [3.05, 3.63) is 72.8 Å². The number of allylic oxidation sites excluding steroid dienone is 1. The van der Waals surface area contributed by atoms with Crippen LogP contribution in [0, 0.1) is 17.3 Å². The van der Waals surface area contributed by atoms with Crippen LogP contribution in [0.5, 0.6) is 11.5 Å². The second kappa shape index (κ2) is 17.0. The molecule has 3 N–H and O–H groups in total. The van der Waals surface area contributed by atoms with Gasteiger partial charge in [0.1, 0.15) is 29.2 Å². The smallest absolute Gasteiger partial charge is 0.259 e. The van der Waals surface area contributed by atoms with E-state index in [1.807, 2.05) is 48.5 Å². The van der Waals surface area contributed by atoms with Crippen molar-refractivity contribution in [1.82, 2.24) is 25.2 Å². The largest absolute Gasteiger partial charge is 0.496 e. The third kappa shape index (κ3) is 8.84. The standard InChI is InChI=1S/C47H59N5O7S/c1-5-33-28-47(33,45(55)51-60(56,57)35-19-20-35)50-43(53)39-25-34-29-52(39)44(54)42(31-16-10-7-11-17-31)48-23-13-22-46(2,3)21-12-18-32-24-36-38(27-40(32)58-4)49-37(26-41(36)59-34)30-14-8-6-9-15-30/h5-6,8-9,12,14-15,18,24,26-27,31,33-35,39,42,48H,1,7,10-11,13,16-17,19-23,25,28-29H2,2-4H3,(H,50,53)(H,51,55)/b18-12+/t33-,34-,39+,42+,47-/m1/s1. The van der Waals surface area contributed by atoms with E-state index >= 15 is 4.79 Å². The number of benzene rings is 2. The summed E-state index contributed by atoms with van der Waals surface area (Å²) in [6, 6.07) is 14.2. The van der Waals surface area contributed by atoms with E-state index in [0.717, 1.165) is 67.9 Å². The third-order valence-electron chi connectivity index (χ3n) is 13.3. The number of hydrogen-bond donors (Lipinski definition) is 3. The maximum Gasteiger partial charge on any atom is 0.259 e. The van der Waals surface area contributed by atoms with Gasteiger partial charge in [-0.05, 0) is 75.3 Å². The highest BCUT2D eigenvalue weighted by Gasteiger charge is 2.62. The van der Waals surface area contributed by atoms with E-state index in [1.54, 1.807) is 18.1 Å². The van der Waals surface area contributed by atoms with E-state index in [-0.39, 0.29) is 36.6 Å². The highest BCUT2D eigenvalue weighted by atomic mass is 32.2. The van der Waals surface area contributed by atoms with Gasteiger partial charge in [-0.1, -0.05) is 81.7 Å². The summed E-state index contributed by atoms with van der Waals surface area (Å²) in [5.41, 5.74) is 1.67. The number of nitrogens with one attached hydrogen (secondary N) is 3. The van der Waals surface area contributed by atoms with Crippen LogP contribution in [0.25, 0.3) is 28.2 Å². The molecule has 4 fully saturated rings. The third-order valence-corrected chi connectivity index (χ3v) is 15.2. The first kappa shape index (κ1) is 42.0. The van der Waals surface area contributed by atoms with Gasteiger partial charge in [-0.2, -0.15) is 0 Å². The molecule has 3 heterocycles. The van der Waals surface area contributed by atoms with Crippen LogP contribution in [0.3, 0.4) is 0 Å². The van der Waals surface area contributed by atoms with Crippen LogP contribution >= 0.6 is 0 Å². The number of rotatable bonds is 9. The van der Waals surface area contributed by atoms with Gasteiger partial charge in [-0.3, -0.25) is 19.1 Å². The zero-order valence-corrected chi connectivity index (χ0v) is 35.9. The molecule has 0 unspecified atom stereocenters. The summed E-state index contributed by atoms with van der Waals surface area (Å²) in [4.78, 5) is 50.2. The Morgan fingerprint density at radius 2 is 1.82 bits per heavy atom. The lowest BCUT2D eigenvalue weighted by Crippen LogP contribution is -2.59. The number of pyridine rings is 1. The number of methoxy groups -OCH3 is 1. The first-order valence-corrected chi connectivity index (χ1v) is 23.3. The van der Waals surface area contributed by atoms with Crippen molar-refractivity contribution in [3.8, 4) is 22.8 Å². The van der Waals surface area contributed by atoms with Crippen molar-refractivity contribution in [3.63, 3.8) is 0 Å². The Morgan fingerprint density at radius 3 is 2.52 bits per heavy atom. The average molecular weight is 838 g/mol. The number of carbonyl (C=O) groups excluding carboxylic acids is 3. The Bertz CT molecular complexity index is 2270. The molecule has 3 saturated carbocycles. The van der Waals surface area contributed by atoms with Crippen LogP contribution in [-0.4, -0.2) is 85.2 Å². The summed E-state index contributed by atoms with van der Waals surface area (Å²) in [5, 5.41) is 6.79. The maximum atomic E-state index is 15.1. The summed E-state index contributed by atoms with van der Waals surface area (Å²) in [7, 11) is -2.22. The summed E-state index contributed by atoms with van der Waals surface area (Å²) in [6.45, 7) is 9.18. The Kier molecular flexibility index (Phi) is 11.9.